The molecular weight excluding hydrogens is 374 g/mol. The van der Waals surface area contributed by atoms with Crippen molar-refractivity contribution < 1.29 is 0 Å². The summed E-state index contributed by atoms with van der Waals surface area (Å²) < 4.78 is 2.30. The molecule has 0 radical (unpaired) electrons. The van der Waals surface area contributed by atoms with Gasteiger partial charge in [0.1, 0.15) is 0 Å². The van der Waals surface area contributed by atoms with Crippen molar-refractivity contribution in [2.45, 2.75) is 19.9 Å². The summed E-state index contributed by atoms with van der Waals surface area (Å²) in [6.07, 6.45) is 0. The molecule has 0 amide bonds. The van der Waals surface area contributed by atoms with Gasteiger partial charge < -0.3 is 5.32 Å². The number of thiophene rings is 1. The van der Waals surface area contributed by atoms with Gasteiger partial charge in [0.15, 0.2) is 0 Å². The summed E-state index contributed by atoms with van der Waals surface area (Å²) >= 11 is 8.98. The van der Waals surface area contributed by atoms with Crippen molar-refractivity contribution in [3.05, 3.63) is 54.6 Å². The van der Waals surface area contributed by atoms with Crippen LogP contribution in [0.4, 0.5) is 0 Å². The highest BCUT2D eigenvalue weighted by molar-refractivity contribution is 9.10. The molecule has 18 heavy (non-hydrogen) atoms. The van der Waals surface area contributed by atoms with Crippen LogP contribution in [0, 0.1) is 6.92 Å². The van der Waals surface area contributed by atoms with Gasteiger partial charge in [0.05, 0.1) is 6.04 Å². The van der Waals surface area contributed by atoms with E-state index < -0.39 is 0 Å². The monoisotopic (exact) mass is 387 g/mol. The summed E-state index contributed by atoms with van der Waals surface area (Å²) in [4.78, 5) is 1.33. The molecule has 0 spiro atoms. The van der Waals surface area contributed by atoms with Crippen LogP contribution >= 0.6 is 43.2 Å². The number of rotatable bonds is 4. The molecule has 1 nitrogen and oxygen atoms in total. The molecule has 1 heterocycles. The van der Waals surface area contributed by atoms with Gasteiger partial charge in [-0.2, -0.15) is 0 Å². The zero-order chi connectivity index (χ0) is 13.1. The van der Waals surface area contributed by atoms with Gasteiger partial charge in [-0.15, -0.1) is 11.3 Å². The Kier molecular flexibility index (Phi) is 5.01. The van der Waals surface area contributed by atoms with E-state index in [-0.39, 0.29) is 6.04 Å². The van der Waals surface area contributed by atoms with E-state index in [1.165, 1.54) is 20.5 Å². The first-order valence-electron chi connectivity index (χ1n) is 5.85. The van der Waals surface area contributed by atoms with Crippen LogP contribution in [0.5, 0.6) is 0 Å². The molecule has 0 fully saturated rings. The molecule has 2 aromatic rings. The predicted octanol–water partition coefficient (Wildman–Crippen LogP) is 5.28. The van der Waals surface area contributed by atoms with E-state index in [2.05, 4.69) is 80.7 Å². The van der Waals surface area contributed by atoms with Crippen LogP contribution in [0.1, 0.15) is 29.0 Å². The Morgan fingerprint density at radius 1 is 1.28 bits per heavy atom. The van der Waals surface area contributed by atoms with Crippen molar-refractivity contribution in [1.82, 2.24) is 5.32 Å². The second-order valence-corrected chi connectivity index (χ2v) is 6.84. The van der Waals surface area contributed by atoms with E-state index in [4.69, 9.17) is 0 Å². The second kappa shape index (κ2) is 6.33. The quantitative estimate of drug-likeness (QED) is 0.751. The van der Waals surface area contributed by atoms with E-state index in [0.29, 0.717) is 0 Å². The average molecular weight is 389 g/mol. The molecule has 0 bridgehead atoms. The van der Waals surface area contributed by atoms with Crippen molar-refractivity contribution in [3.63, 3.8) is 0 Å². The normalized spacial score (nSPS) is 12.7. The zero-order valence-corrected chi connectivity index (χ0v) is 14.3. The Morgan fingerprint density at radius 2 is 2.06 bits per heavy atom. The molecule has 1 N–H and O–H groups in total. The number of halogens is 2. The third-order valence-electron chi connectivity index (χ3n) is 2.87. The maximum atomic E-state index is 3.64. The van der Waals surface area contributed by atoms with Crippen LogP contribution in [-0.2, 0) is 0 Å². The molecule has 1 atom stereocenters. The first-order chi connectivity index (χ1) is 8.63. The van der Waals surface area contributed by atoms with Gasteiger partial charge in [0.25, 0.3) is 0 Å². The lowest BCUT2D eigenvalue weighted by Gasteiger charge is -2.20. The highest BCUT2D eigenvalue weighted by Gasteiger charge is 2.19. The molecule has 0 aliphatic carbocycles. The second-order valence-electron chi connectivity index (χ2n) is 4.12. The SMILES string of the molecule is CCNC(c1cc(Br)ccc1C)c1sccc1Br. The minimum absolute atomic E-state index is 0.252. The number of nitrogens with one attached hydrogen (secondary N) is 1. The average Bonchev–Trinajstić information content (AvgIpc) is 2.76. The Bertz CT molecular complexity index is 536. The van der Waals surface area contributed by atoms with Gasteiger partial charge >= 0.3 is 0 Å². The van der Waals surface area contributed by atoms with Crippen molar-refractivity contribution in [2.75, 3.05) is 6.54 Å². The minimum atomic E-state index is 0.252. The lowest BCUT2D eigenvalue weighted by molar-refractivity contribution is 0.634. The van der Waals surface area contributed by atoms with Gasteiger partial charge in [0.2, 0.25) is 0 Å². The third-order valence-corrected chi connectivity index (χ3v) is 5.30. The van der Waals surface area contributed by atoms with Crippen LogP contribution in [-0.4, -0.2) is 6.54 Å². The lowest BCUT2D eigenvalue weighted by atomic mass is 10.00. The molecule has 96 valence electrons. The van der Waals surface area contributed by atoms with Gasteiger partial charge in [-0.25, -0.2) is 0 Å². The summed E-state index contributed by atoms with van der Waals surface area (Å²) in [7, 11) is 0. The van der Waals surface area contributed by atoms with Crippen molar-refractivity contribution in [3.8, 4) is 0 Å². The predicted molar refractivity (Wildman–Crippen MR) is 86.4 cm³/mol. The molecule has 1 aromatic carbocycles. The van der Waals surface area contributed by atoms with Crippen molar-refractivity contribution in [2.24, 2.45) is 0 Å². The fourth-order valence-electron chi connectivity index (χ4n) is 1.98. The molecule has 0 aliphatic heterocycles. The molecule has 1 unspecified atom stereocenters. The number of hydrogen-bond donors (Lipinski definition) is 1. The summed E-state index contributed by atoms with van der Waals surface area (Å²) in [6.45, 7) is 5.25. The number of aryl methyl sites for hydroxylation is 1. The molecule has 0 saturated carbocycles. The number of hydrogen-bond acceptors (Lipinski definition) is 2. The van der Waals surface area contributed by atoms with E-state index in [0.717, 1.165) is 11.0 Å². The fraction of sp³-hybridized carbons (Fsp3) is 0.286. The lowest BCUT2D eigenvalue weighted by Crippen LogP contribution is -2.22. The maximum absolute atomic E-state index is 3.64. The van der Waals surface area contributed by atoms with Crippen LogP contribution in [0.25, 0.3) is 0 Å². The highest BCUT2D eigenvalue weighted by Crippen LogP contribution is 2.35. The van der Waals surface area contributed by atoms with Gasteiger partial charge in [-0.1, -0.05) is 28.9 Å². The van der Waals surface area contributed by atoms with E-state index >= 15 is 0 Å². The smallest absolute Gasteiger partial charge is 0.0685 e. The largest absolute Gasteiger partial charge is 0.306 e. The first kappa shape index (κ1) is 14.3. The van der Waals surface area contributed by atoms with Crippen LogP contribution in [0.15, 0.2) is 38.6 Å². The summed E-state index contributed by atoms with van der Waals surface area (Å²) in [5, 5.41) is 5.69. The van der Waals surface area contributed by atoms with Gasteiger partial charge in [-0.3, -0.25) is 0 Å². The van der Waals surface area contributed by atoms with Gasteiger partial charge in [0, 0.05) is 13.8 Å². The maximum Gasteiger partial charge on any atom is 0.0685 e. The first-order valence-corrected chi connectivity index (χ1v) is 8.32. The highest BCUT2D eigenvalue weighted by atomic mass is 79.9. The molecule has 0 aliphatic rings. The molecule has 1 aromatic heterocycles. The molecule has 4 heteroatoms. The van der Waals surface area contributed by atoms with Crippen LogP contribution < -0.4 is 5.32 Å². The summed E-state index contributed by atoms with van der Waals surface area (Å²) in [6, 6.07) is 8.81. The topological polar surface area (TPSA) is 12.0 Å². The summed E-state index contributed by atoms with van der Waals surface area (Å²) in [5.74, 6) is 0. The van der Waals surface area contributed by atoms with E-state index in [9.17, 15) is 0 Å². The number of benzene rings is 1. The third kappa shape index (κ3) is 3.05. The van der Waals surface area contributed by atoms with Crippen LogP contribution in [0.2, 0.25) is 0 Å². The van der Waals surface area contributed by atoms with E-state index in [1.54, 1.807) is 11.3 Å². The van der Waals surface area contributed by atoms with E-state index in [1.807, 2.05) is 0 Å². The molecular formula is C14H15Br2NS. The Labute approximate surface area is 129 Å². The minimum Gasteiger partial charge on any atom is -0.306 e. The Morgan fingerprint density at radius 3 is 2.67 bits per heavy atom. The molecule has 0 saturated heterocycles. The fourth-order valence-corrected chi connectivity index (χ4v) is 4.05. The molecule has 2 rings (SSSR count). The van der Waals surface area contributed by atoms with Crippen molar-refractivity contribution >= 4 is 43.2 Å². The van der Waals surface area contributed by atoms with Crippen LogP contribution in [0.3, 0.4) is 0 Å². The summed E-state index contributed by atoms with van der Waals surface area (Å²) in [5.41, 5.74) is 2.64. The standard InChI is InChI=1S/C14H15Br2NS/c1-3-17-13(14-12(16)6-7-18-14)11-8-10(15)5-4-9(11)2/h4-8,13,17H,3H2,1-2H3. The Hall–Kier alpha value is -0.160. The zero-order valence-electron chi connectivity index (χ0n) is 10.3. The Balaban J connectivity index is 2.48. The van der Waals surface area contributed by atoms with Crippen molar-refractivity contribution in [1.29, 1.82) is 0 Å². The van der Waals surface area contributed by atoms with Gasteiger partial charge in [-0.05, 0) is 64.1 Å².